The predicted molar refractivity (Wildman–Crippen MR) is 122 cm³/mol. The Kier molecular flexibility index (Phi) is 6.60. The van der Waals surface area contributed by atoms with Crippen molar-refractivity contribution >= 4 is 46.7 Å². The van der Waals surface area contributed by atoms with Gasteiger partial charge in [0, 0.05) is 34.5 Å². The van der Waals surface area contributed by atoms with E-state index in [-0.39, 0.29) is 12.3 Å². The molecule has 4 rings (SSSR count). The van der Waals surface area contributed by atoms with Crippen molar-refractivity contribution in [2.75, 3.05) is 11.1 Å². The van der Waals surface area contributed by atoms with E-state index < -0.39 is 0 Å². The summed E-state index contributed by atoms with van der Waals surface area (Å²) in [5, 5.41) is 16.9. The lowest BCUT2D eigenvalue weighted by Gasteiger charge is -2.11. The fraction of sp³-hybridized carbons (Fsp3) is 0.143. The van der Waals surface area contributed by atoms with Gasteiger partial charge >= 0.3 is 0 Å². The Hall–Kier alpha value is -2.81. The number of thioether (sulfide) groups is 1. The number of nitrogens with zero attached hydrogens (tertiary/aromatic N) is 4. The normalized spacial score (nSPS) is 10.9. The van der Waals surface area contributed by atoms with Crippen molar-refractivity contribution in [1.29, 1.82) is 0 Å². The zero-order chi connectivity index (χ0) is 21.8. The van der Waals surface area contributed by atoms with Gasteiger partial charge in [-0.15, -0.1) is 10.2 Å². The third kappa shape index (κ3) is 5.10. The smallest absolute Gasteiger partial charge is 0.226 e. The Balaban J connectivity index is 1.55. The van der Waals surface area contributed by atoms with Gasteiger partial charge in [-0.3, -0.25) is 9.36 Å². The van der Waals surface area contributed by atoms with Crippen molar-refractivity contribution in [2.24, 2.45) is 0 Å². The molecule has 2 heterocycles. The van der Waals surface area contributed by atoms with Crippen LogP contribution < -0.4 is 5.32 Å². The van der Waals surface area contributed by atoms with Gasteiger partial charge in [0.15, 0.2) is 16.8 Å². The standard InChI is InChI=1S/C21H17Cl2N5O2S/c1-13-11-18(27-30-13)24-19(29)9-10-31-21-26-25-20(16-8-7-14(22)12-17(16)23)28(21)15-5-3-2-4-6-15/h2-8,11-12H,9-10H2,1H3,(H,24,27,29). The highest BCUT2D eigenvalue weighted by Gasteiger charge is 2.18. The minimum absolute atomic E-state index is 0.160. The van der Waals surface area contributed by atoms with Gasteiger partial charge in [0.25, 0.3) is 0 Å². The van der Waals surface area contributed by atoms with Crippen molar-refractivity contribution in [3.8, 4) is 17.1 Å². The molecule has 158 valence electrons. The van der Waals surface area contributed by atoms with Gasteiger partial charge < -0.3 is 9.84 Å². The molecule has 1 amide bonds. The average molecular weight is 474 g/mol. The summed E-state index contributed by atoms with van der Waals surface area (Å²) < 4.78 is 6.87. The molecule has 31 heavy (non-hydrogen) atoms. The van der Waals surface area contributed by atoms with E-state index in [1.807, 2.05) is 41.0 Å². The summed E-state index contributed by atoms with van der Waals surface area (Å²) in [5.74, 6) is 1.97. The van der Waals surface area contributed by atoms with Crippen LogP contribution in [0.4, 0.5) is 5.82 Å². The van der Waals surface area contributed by atoms with Crippen LogP contribution in [0.3, 0.4) is 0 Å². The molecule has 2 aromatic heterocycles. The molecular weight excluding hydrogens is 457 g/mol. The van der Waals surface area contributed by atoms with Crippen molar-refractivity contribution < 1.29 is 9.32 Å². The first-order valence-electron chi connectivity index (χ1n) is 9.33. The zero-order valence-electron chi connectivity index (χ0n) is 16.4. The van der Waals surface area contributed by atoms with Crippen molar-refractivity contribution in [1.82, 2.24) is 19.9 Å². The van der Waals surface area contributed by atoms with E-state index in [1.165, 1.54) is 11.8 Å². The number of hydrogen-bond acceptors (Lipinski definition) is 6. The van der Waals surface area contributed by atoms with Crippen molar-refractivity contribution in [3.63, 3.8) is 0 Å². The Labute approximate surface area is 192 Å². The number of aromatic nitrogens is 4. The molecule has 0 atom stereocenters. The number of anilines is 1. The Morgan fingerprint density at radius 1 is 1.13 bits per heavy atom. The molecule has 1 N–H and O–H groups in total. The summed E-state index contributed by atoms with van der Waals surface area (Å²) in [4.78, 5) is 12.2. The second kappa shape index (κ2) is 9.55. The lowest BCUT2D eigenvalue weighted by atomic mass is 10.2. The Bertz CT molecular complexity index is 1210. The summed E-state index contributed by atoms with van der Waals surface area (Å²) in [6, 6.07) is 16.6. The molecule has 10 heteroatoms. The van der Waals surface area contributed by atoms with Crippen LogP contribution in [-0.4, -0.2) is 31.6 Å². The van der Waals surface area contributed by atoms with Crippen LogP contribution in [0.25, 0.3) is 17.1 Å². The molecule has 0 aliphatic rings. The van der Waals surface area contributed by atoms with Gasteiger partial charge in [0.05, 0.1) is 5.02 Å². The lowest BCUT2D eigenvalue weighted by Crippen LogP contribution is -2.12. The van der Waals surface area contributed by atoms with Gasteiger partial charge in [-0.1, -0.05) is 58.3 Å². The number of carbonyl (C=O) groups is 1. The van der Waals surface area contributed by atoms with Crippen molar-refractivity contribution in [2.45, 2.75) is 18.5 Å². The van der Waals surface area contributed by atoms with E-state index in [9.17, 15) is 4.79 Å². The largest absolute Gasteiger partial charge is 0.360 e. The number of para-hydroxylation sites is 1. The fourth-order valence-electron chi connectivity index (χ4n) is 2.88. The molecule has 0 spiro atoms. The molecule has 0 aliphatic carbocycles. The number of hydrogen-bond donors (Lipinski definition) is 1. The maximum atomic E-state index is 12.2. The van der Waals surface area contributed by atoms with Gasteiger partial charge in [-0.05, 0) is 37.3 Å². The highest BCUT2D eigenvalue weighted by atomic mass is 35.5. The number of halogens is 2. The SMILES string of the molecule is Cc1cc(NC(=O)CCSc2nnc(-c3ccc(Cl)cc3Cl)n2-c2ccccc2)no1. The first-order valence-corrected chi connectivity index (χ1v) is 11.1. The molecule has 2 aromatic carbocycles. The Morgan fingerprint density at radius 2 is 1.94 bits per heavy atom. The number of rotatable bonds is 7. The first kappa shape index (κ1) is 21.4. The number of nitrogens with one attached hydrogen (secondary N) is 1. The minimum Gasteiger partial charge on any atom is -0.360 e. The third-order valence-electron chi connectivity index (χ3n) is 4.28. The molecular formula is C21H17Cl2N5O2S. The van der Waals surface area contributed by atoms with E-state index in [2.05, 4.69) is 20.7 Å². The topological polar surface area (TPSA) is 85.8 Å². The maximum Gasteiger partial charge on any atom is 0.226 e. The van der Waals surface area contributed by atoms with Crippen LogP contribution in [0.2, 0.25) is 10.0 Å². The molecule has 0 aliphatic heterocycles. The van der Waals surface area contributed by atoms with Crippen LogP contribution in [0, 0.1) is 6.92 Å². The van der Waals surface area contributed by atoms with E-state index in [1.54, 1.807) is 25.1 Å². The van der Waals surface area contributed by atoms with Gasteiger partial charge in [0.1, 0.15) is 5.76 Å². The molecule has 0 unspecified atom stereocenters. The summed E-state index contributed by atoms with van der Waals surface area (Å²) in [6.45, 7) is 1.76. The van der Waals surface area contributed by atoms with Crippen LogP contribution in [0.5, 0.6) is 0 Å². The highest BCUT2D eigenvalue weighted by molar-refractivity contribution is 7.99. The summed E-state index contributed by atoms with van der Waals surface area (Å²) in [6.07, 6.45) is 0.273. The fourth-order valence-corrected chi connectivity index (χ4v) is 4.27. The van der Waals surface area contributed by atoms with Gasteiger partial charge in [-0.25, -0.2) is 0 Å². The molecule has 7 nitrogen and oxygen atoms in total. The highest BCUT2D eigenvalue weighted by Crippen LogP contribution is 2.33. The van der Waals surface area contributed by atoms with E-state index >= 15 is 0 Å². The monoisotopic (exact) mass is 473 g/mol. The van der Waals surface area contributed by atoms with Gasteiger partial charge in [-0.2, -0.15) is 0 Å². The third-order valence-corrected chi connectivity index (χ3v) is 5.75. The Morgan fingerprint density at radius 3 is 2.65 bits per heavy atom. The van der Waals surface area contributed by atoms with Crippen LogP contribution >= 0.6 is 35.0 Å². The minimum atomic E-state index is -0.160. The predicted octanol–water partition coefficient (Wildman–Crippen LogP) is 5.66. The average Bonchev–Trinajstić information content (AvgIpc) is 3.34. The second-order valence-electron chi connectivity index (χ2n) is 6.57. The summed E-state index contributed by atoms with van der Waals surface area (Å²) >= 11 is 13.9. The van der Waals surface area contributed by atoms with Crippen LogP contribution in [0.1, 0.15) is 12.2 Å². The lowest BCUT2D eigenvalue weighted by molar-refractivity contribution is -0.115. The number of aryl methyl sites for hydroxylation is 1. The first-order chi connectivity index (χ1) is 15.0. The van der Waals surface area contributed by atoms with Crippen molar-refractivity contribution in [3.05, 3.63) is 70.4 Å². The molecule has 0 fully saturated rings. The zero-order valence-corrected chi connectivity index (χ0v) is 18.7. The van der Waals surface area contributed by atoms with Crippen LogP contribution in [-0.2, 0) is 4.79 Å². The van der Waals surface area contributed by atoms with E-state index in [0.717, 1.165) is 5.69 Å². The summed E-state index contributed by atoms with van der Waals surface area (Å²) in [5.41, 5.74) is 1.60. The number of benzene rings is 2. The molecule has 0 saturated heterocycles. The number of amides is 1. The molecule has 0 saturated carbocycles. The summed E-state index contributed by atoms with van der Waals surface area (Å²) in [7, 11) is 0. The molecule has 4 aromatic rings. The number of carbonyl (C=O) groups excluding carboxylic acids is 1. The van der Waals surface area contributed by atoms with Crippen LogP contribution in [0.15, 0.2) is 64.3 Å². The van der Waals surface area contributed by atoms with E-state index in [0.29, 0.717) is 43.9 Å². The molecule has 0 radical (unpaired) electrons. The van der Waals surface area contributed by atoms with E-state index in [4.69, 9.17) is 27.7 Å². The maximum absolute atomic E-state index is 12.2. The second-order valence-corrected chi connectivity index (χ2v) is 8.48. The quantitative estimate of drug-likeness (QED) is 0.348. The molecule has 0 bridgehead atoms. The van der Waals surface area contributed by atoms with Gasteiger partial charge in [0.2, 0.25) is 5.91 Å².